The number of anilines is 1. The summed E-state index contributed by atoms with van der Waals surface area (Å²) in [6, 6.07) is 8.04. The number of amides is 2. The summed E-state index contributed by atoms with van der Waals surface area (Å²) in [5.41, 5.74) is 7.12. The Morgan fingerprint density at radius 3 is 2.73 bits per heavy atom. The highest BCUT2D eigenvalue weighted by Crippen LogP contribution is 2.48. The van der Waals surface area contributed by atoms with Crippen molar-refractivity contribution in [3.05, 3.63) is 63.7 Å². The van der Waals surface area contributed by atoms with Crippen molar-refractivity contribution in [3.8, 4) is 0 Å². The summed E-state index contributed by atoms with van der Waals surface area (Å²) in [7, 11) is -0.0229. The van der Waals surface area contributed by atoms with Gasteiger partial charge in [0.1, 0.15) is 6.17 Å². The Hall–Kier alpha value is -2.06. The number of halogens is 1. The van der Waals surface area contributed by atoms with Crippen LogP contribution in [0.3, 0.4) is 0 Å². The van der Waals surface area contributed by atoms with Gasteiger partial charge in [-0.1, -0.05) is 49.7 Å². The fraction of sp³-hybridized carbons (Fsp3) is 0.440. The molecule has 0 radical (unpaired) electrons. The molecular weight excluding hydrogens is 454 g/mol. The van der Waals surface area contributed by atoms with Crippen molar-refractivity contribution in [2.75, 3.05) is 37.5 Å². The molecule has 0 spiro atoms. The average Bonchev–Trinajstić information content (AvgIpc) is 3.48. The molecule has 2 unspecified atom stereocenters. The number of carbonyl (C=O) groups is 1. The first kappa shape index (κ1) is 22.7. The number of urea groups is 1. The van der Waals surface area contributed by atoms with Crippen molar-refractivity contribution < 1.29 is 4.79 Å². The van der Waals surface area contributed by atoms with E-state index in [1.54, 1.807) is 0 Å². The van der Waals surface area contributed by atoms with Crippen molar-refractivity contribution in [1.29, 1.82) is 0 Å². The Bertz CT molecular complexity index is 1090. The molecule has 6 nitrogen and oxygen atoms in total. The third-order valence-corrected chi connectivity index (χ3v) is 9.06. The molecule has 1 aromatic rings. The maximum Gasteiger partial charge on any atom is 0.335 e. The van der Waals surface area contributed by atoms with Gasteiger partial charge in [-0.3, -0.25) is 0 Å². The minimum absolute atomic E-state index is 0.0229. The second kappa shape index (κ2) is 9.29. The quantitative estimate of drug-likeness (QED) is 0.599. The minimum atomic E-state index is -0.118. The predicted octanol–water partition coefficient (Wildman–Crippen LogP) is 4.95. The zero-order chi connectivity index (χ0) is 23.1. The molecule has 4 aliphatic rings. The molecule has 2 amide bonds. The van der Waals surface area contributed by atoms with Crippen LogP contribution in [0.1, 0.15) is 33.1 Å². The van der Waals surface area contributed by atoms with Crippen LogP contribution in [0.5, 0.6) is 0 Å². The van der Waals surface area contributed by atoms with E-state index >= 15 is 0 Å². The molecule has 8 heteroatoms. The van der Waals surface area contributed by atoms with Crippen LogP contribution in [0.2, 0.25) is 5.02 Å². The second-order valence-corrected chi connectivity index (χ2v) is 11.1. The molecule has 3 heterocycles. The molecule has 0 saturated carbocycles. The van der Waals surface area contributed by atoms with E-state index in [-0.39, 0.29) is 22.7 Å². The molecule has 1 aromatic carbocycles. The lowest BCUT2D eigenvalue weighted by atomic mass is 10.1. The third-order valence-electron chi connectivity index (χ3n) is 6.66. The van der Waals surface area contributed by atoms with Crippen LogP contribution in [-0.4, -0.2) is 64.6 Å². The first-order valence-electron chi connectivity index (χ1n) is 11.8. The van der Waals surface area contributed by atoms with Crippen molar-refractivity contribution in [2.45, 2.75) is 39.3 Å². The molecule has 33 heavy (non-hydrogen) atoms. The number of allylic oxidation sites excluding steroid dienone is 2. The predicted molar refractivity (Wildman–Crippen MR) is 139 cm³/mol. The van der Waals surface area contributed by atoms with Gasteiger partial charge in [0.05, 0.1) is 28.9 Å². The average molecular weight is 486 g/mol. The van der Waals surface area contributed by atoms with Crippen LogP contribution >= 0.6 is 22.1 Å². The smallest absolute Gasteiger partial charge is 0.335 e. The summed E-state index contributed by atoms with van der Waals surface area (Å²) >= 11 is 6.65. The van der Waals surface area contributed by atoms with Crippen molar-refractivity contribution >= 4 is 38.8 Å². The number of nitrogens with one attached hydrogen (secondary N) is 1. The summed E-state index contributed by atoms with van der Waals surface area (Å²) in [6.07, 6.45) is 11.9. The van der Waals surface area contributed by atoms with E-state index in [9.17, 15) is 4.79 Å². The van der Waals surface area contributed by atoms with Gasteiger partial charge in [0.25, 0.3) is 0 Å². The Morgan fingerprint density at radius 2 is 2.00 bits per heavy atom. The Balaban J connectivity index is 1.57. The van der Waals surface area contributed by atoms with Crippen LogP contribution in [0, 0.1) is 0 Å². The SMILES string of the molecule is CCCN(CCC)C(=O)N1NCN2C3=S(C)C4=C(CC=C4)C3=CN(c3ccccc3Cl)CC21. The highest BCUT2D eigenvalue weighted by atomic mass is 35.5. The molecular formula is C25H32ClN5OS. The molecule has 5 rings (SSSR count). The zero-order valence-corrected chi connectivity index (χ0v) is 21.1. The monoisotopic (exact) mass is 485 g/mol. The molecule has 176 valence electrons. The van der Waals surface area contributed by atoms with Gasteiger partial charge < -0.3 is 9.80 Å². The van der Waals surface area contributed by atoms with Gasteiger partial charge in [0.15, 0.2) is 0 Å². The van der Waals surface area contributed by atoms with E-state index in [2.05, 4.69) is 59.7 Å². The molecule has 1 fully saturated rings. The molecule has 1 N–H and O–H groups in total. The third kappa shape index (κ3) is 3.85. The van der Waals surface area contributed by atoms with Gasteiger partial charge in [-0.05, 0) is 43.2 Å². The lowest BCUT2D eigenvalue weighted by Gasteiger charge is -2.34. The van der Waals surface area contributed by atoms with E-state index in [1.165, 1.54) is 21.0 Å². The van der Waals surface area contributed by atoms with Crippen LogP contribution in [0.25, 0.3) is 0 Å². The van der Waals surface area contributed by atoms with Gasteiger partial charge >= 0.3 is 6.03 Å². The molecule has 0 aromatic heterocycles. The first-order chi connectivity index (χ1) is 16.0. The fourth-order valence-electron chi connectivity index (χ4n) is 5.19. The fourth-order valence-corrected chi connectivity index (χ4v) is 7.55. The number of hydrazine groups is 1. The second-order valence-electron chi connectivity index (χ2n) is 8.82. The van der Waals surface area contributed by atoms with E-state index < -0.39 is 0 Å². The lowest BCUT2D eigenvalue weighted by molar-refractivity contribution is 0.118. The molecule has 2 atom stereocenters. The number of nitrogens with zero attached hydrogens (tertiary/aromatic N) is 4. The number of rotatable bonds is 5. The maximum atomic E-state index is 13.6. The standard InChI is InChI=1S/C25H32ClN5OS/c1-4-13-28(14-5-2)25(32)31-23-16-29(21-11-7-6-10-20(21)26)15-19-18-9-8-12-22(18)33(3)24(19)30(23)17-27-31/h6-8,10-12,15,23,27H,4-5,9,13-14,16-17H2,1-3H3. The van der Waals surface area contributed by atoms with E-state index in [0.29, 0.717) is 13.2 Å². The van der Waals surface area contributed by atoms with Crippen molar-refractivity contribution in [1.82, 2.24) is 20.2 Å². The summed E-state index contributed by atoms with van der Waals surface area (Å²) in [5, 5.41) is 2.58. The van der Waals surface area contributed by atoms with E-state index in [1.807, 2.05) is 28.1 Å². The molecule has 1 aliphatic carbocycles. The van der Waals surface area contributed by atoms with Gasteiger partial charge in [-0.25, -0.2) is 20.1 Å². The largest absolute Gasteiger partial charge is 0.343 e. The summed E-state index contributed by atoms with van der Waals surface area (Å²) in [6.45, 7) is 7.06. The number of benzene rings is 1. The van der Waals surface area contributed by atoms with Gasteiger partial charge in [-0.2, -0.15) is 0 Å². The summed E-state index contributed by atoms with van der Waals surface area (Å²) in [5.74, 6) is 0. The normalized spacial score (nSPS) is 24.1. The lowest BCUT2D eigenvalue weighted by Crippen LogP contribution is -2.55. The number of carbonyl (C=O) groups excluding carboxylic acids is 1. The van der Waals surface area contributed by atoms with Crippen LogP contribution < -0.4 is 10.3 Å². The Morgan fingerprint density at radius 1 is 1.24 bits per heavy atom. The highest BCUT2D eigenvalue weighted by Gasteiger charge is 2.45. The topological polar surface area (TPSA) is 42.1 Å². The van der Waals surface area contributed by atoms with E-state index in [4.69, 9.17) is 11.6 Å². The number of fused-ring (bicyclic) bond motifs is 4. The number of para-hydroxylation sites is 1. The minimum Gasteiger partial charge on any atom is -0.343 e. The number of hydrogen-bond acceptors (Lipinski definition) is 4. The molecule has 0 bridgehead atoms. The molecule has 1 saturated heterocycles. The van der Waals surface area contributed by atoms with E-state index in [0.717, 1.165) is 43.1 Å². The zero-order valence-electron chi connectivity index (χ0n) is 19.6. The summed E-state index contributed by atoms with van der Waals surface area (Å²) < 4.78 is 0. The van der Waals surface area contributed by atoms with Gasteiger partial charge in [0.2, 0.25) is 0 Å². The number of hydrogen-bond donors (Lipinski definition) is 1. The van der Waals surface area contributed by atoms with Crippen LogP contribution in [-0.2, 0) is 0 Å². The van der Waals surface area contributed by atoms with Gasteiger partial charge in [0, 0.05) is 29.8 Å². The highest BCUT2D eigenvalue weighted by molar-refractivity contribution is 8.19. The van der Waals surface area contributed by atoms with Gasteiger partial charge in [-0.15, -0.1) is 10.5 Å². The molecule has 3 aliphatic heterocycles. The van der Waals surface area contributed by atoms with Crippen molar-refractivity contribution in [2.24, 2.45) is 0 Å². The maximum absolute atomic E-state index is 13.6. The van der Waals surface area contributed by atoms with Crippen LogP contribution in [0.15, 0.2) is 58.7 Å². The summed E-state index contributed by atoms with van der Waals surface area (Å²) in [4.78, 5) is 23.0. The Kier molecular flexibility index (Phi) is 6.40. The first-order valence-corrected chi connectivity index (χ1v) is 13.8. The van der Waals surface area contributed by atoms with Crippen LogP contribution in [0.4, 0.5) is 10.5 Å². The Labute approximate surface area is 204 Å². The van der Waals surface area contributed by atoms with Crippen molar-refractivity contribution in [3.63, 3.8) is 0 Å².